The molecule has 2 aromatic heterocycles. The van der Waals surface area contributed by atoms with Crippen LogP contribution in [0.2, 0.25) is 0 Å². The van der Waals surface area contributed by atoms with Gasteiger partial charge in [-0.3, -0.25) is 0 Å². The number of rotatable bonds is 12. The molecule has 0 aliphatic heterocycles. The van der Waals surface area contributed by atoms with Gasteiger partial charge in [0.15, 0.2) is 6.10 Å². The zero-order chi connectivity index (χ0) is 28.5. The minimum absolute atomic E-state index is 0.0540. The lowest BCUT2D eigenvalue weighted by atomic mass is 9.84. The molecule has 4 rings (SSSR count). The fourth-order valence-corrected chi connectivity index (χ4v) is 4.92. The number of oxime groups is 1. The van der Waals surface area contributed by atoms with E-state index < -0.39 is 24.9 Å². The summed E-state index contributed by atoms with van der Waals surface area (Å²) >= 11 is 0. The molecule has 0 spiro atoms. The molecule has 1 aliphatic rings. The Morgan fingerprint density at radius 3 is 2.50 bits per heavy atom. The Balaban J connectivity index is 1.37. The van der Waals surface area contributed by atoms with Crippen molar-refractivity contribution in [3.05, 3.63) is 59.9 Å². The van der Waals surface area contributed by atoms with Crippen molar-refractivity contribution < 1.29 is 37.0 Å². The van der Waals surface area contributed by atoms with Crippen molar-refractivity contribution in [2.75, 3.05) is 27.4 Å². The van der Waals surface area contributed by atoms with Crippen LogP contribution in [0.4, 0.5) is 13.2 Å². The maximum atomic E-state index is 12.5. The number of esters is 1. The highest BCUT2D eigenvalue weighted by atomic mass is 19.4. The summed E-state index contributed by atoms with van der Waals surface area (Å²) in [4.78, 5) is 21.9. The van der Waals surface area contributed by atoms with E-state index in [1.54, 1.807) is 31.4 Å². The predicted molar refractivity (Wildman–Crippen MR) is 143 cm³/mol. The molecule has 0 unspecified atom stereocenters. The minimum atomic E-state index is -4.54. The van der Waals surface area contributed by atoms with Crippen LogP contribution in [0.5, 0.6) is 5.75 Å². The number of nitrogens with zero attached hydrogens (tertiary/aromatic N) is 3. The lowest BCUT2D eigenvalue weighted by Gasteiger charge is -2.22. The molecule has 1 saturated carbocycles. The standard InChI is InChI=1S/C29H34F3N3O5/c1-37-28(36)25(40-19-29(30,31)32)18-20-8-11-23(12-9-20)39-17-16-35-15-14-22-10-13-24(33-27(22)35)26(34-38-2)21-6-4-3-5-7-21/h8-15,21,25H,3-7,16-19H2,1-2H3/t25-/m0/s1. The molecule has 8 nitrogen and oxygen atoms in total. The molecular weight excluding hydrogens is 527 g/mol. The summed E-state index contributed by atoms with van der Waals surface area (Å²) in [6.45, 7) is -0.604. The van der Waals surface area contributed by atoms with Gasteiger partial charge in [-0.15, -0.1) is 0 Å². The lowest BCUT2D eigenvalue weighted by Crippen LogP contribution is -2.32. The third-order valence-corrected chi connectivity index (χ3v) is 6.91. The molecule has 2 heterocycles. The first-order valence-electron chi connectivity index (χ1n) is 13.3. The predicted octanol–water partition coefficient (Wildman–Crippen LogP) is 5.71. The number of carbonyl (C=O) groups excluding carboxylic acids is 1. The number of ether oxygens (including phenoxy) is 3. The fraction of sp³-hybridized carbons (Fsp3) is 0.483. The molecule has 1 aliphatic carbocycles. The van der Waals surface area contributed by atoms with E-state index >= 15 is 0 Å². The van der Waals surface area contributed by atoms with Crippen LogP contribution < -0.4 is 4.74 Å². The van der Waals surface area contributed by atoms with Crippen molar-refractivity contribution in [1.82, 2.24) is 9.55 Å². The number of alkyl halides is 3. The van der Waals surface area contributed by atoms with E-state index in [0.29, 0.717) is 30.4 Å². The van der Waals surface area contributed by atoms with Gasteiger partial charge >= 0.3 is 12.1 Å². The van der Waals surface area contributed by atoms with Crippen molar-refractivity contribution in [2.45, 2.75) is 57.3 Å². The van der Waals surface area contributed by atoms with Crippen LogP contribution in [0, 0.1) is 5.92 Å². The molecule has 3 aromatic rings. The topological polar surface area (TPSA) is 84.2 Å². The van der Waals surface area contributed by atoms with Crippen LogP contribution >= 0.6 is 0 Å². The van der Waals surface area contributed by atoms with E-state index in [1.807, 2.05) is 29.0 Å². The fourth-order valence-electron chi connectivity index (χ4n) is 4.92. The van der Waals surface area contributed by atoms with Gasteiger partial charge in [-0.1, -0.05) is 36.6 Å². The van der Waals surface area contributed by atoms with Crippen molar-refractivity contribution >= 4 is 22.7 Å². The number of benzene rings is 1. The number of carbonyl (C=O) groups is 1. The smallest absolute Gasteiger partial charge is 0.411 e. The Kier molecular flexibility index (Phi) is 10.0. The number of halogens is 3. The molecule has 40 heavy (non-hydrogen) atoms. The van der Waals surface area contributed by atoms with E-state index in [2.05, 4.69) is 9.89 Å². The SMILES string of the molecule is CON=C(c1ccc2ccn(CCOc3ccc(C[C@H](OCC(F)(F)F)C(=O)OC)cc3)c2n1)C1CCCCC1. The van der Waals surface area contributed by atoms with Gasteiger partial charge in [0, 0.05) is 23.9 Å². The van der Waals surface area contributed by atoms with Gasteiger partial charge in [-0.2, -0.15) is 13.2 Å². The molecule has 11 heteroatoms. The van der Waals surface area contributed by atoms with Crippen molar-refractivity contribution in [2.24, 2.45) is 11.1 Å². The first-order valence-corrected chi connectivity index (χ1v) is 13.3. The summed E-state index contributed by atoms with van der Waals surface area (Å²) in [5.74, 6) is 0.0682. The van der Waals surface area contributed by atoms with Gasteiger partial charge in [0.2, 0.25) is 0 Å². The second-order valence-corrected chi connectivity index (χ2v) is 9.75. The molecule has 0 radical (unpaired) electrons. The third kappa shape index (κ3) is 7.97. The quantitative estimate of drug-likeness (QED) is 0.160. The van der Waals surface area contributed by atoms with E-state index in [9.17, 15) is 18.0 Å². The Bertz CT molecular complexity index is 1280. The minimum Gasteiger partial charge on any atom is -0.492 e. The van der Waals surface area contributed by atoms with Gasteiger partial charge < -0.3 is 23.6 Å². The Hall–Kier alpha value is -3.60. The summed E-state index contributed by atoms with van der Waals surface area (Å²) < 4.78 is 54.9. The normalized spacial score (nSPS) is 15.7. The first-order chi connectivity index (χ1) is 19.3. The zero-order valence-electron chi connectivity index (χ0n) is 22.7. The molecule has 0 N–H and O–H groups in total. The second-order valence-electron chi connectivity index (χ2n) is 9.75. The van der Waals surface area contributed by atoms with E-state index in [-0.39, 0.29) is 6.42 Å². The van der Waals surface area contributed by atoms with Crippen LogP contribution in [0.3, 0.4) is 0 Å². The number of methoxy groups -OCH3 is 1. The van der Waals surface area contributed by atoms with Crippen LogP contribution in [0.1, 0.15) is 43.4 Å². The maximum absolute atomic E-state index is 12.5. The summed E-state index contributed by atoms with van der Waals surface area (Å²) in [5.41, 5.74) is 3.17. The summed E-state index contributed by atoms with van der Waals surface area (Å²) in [6.07, 6.45) is 1.80. The van der Waals surface area contributed by atoms with Crippen LogP contribution in [-0.2, 0) is 32.1 Å². The Morgan fingerprint density at radius 2 is 1.82 bits per heavy atom. The van der Waals surface area contributed by atoms with Crippen molar-refractivity contribution in [3.8, 4) is 5.75 Å². The zero-order valence-corrected chi connectivity index (χ0v) is 22.7. The number of fused-ring (bicyclic) bond motifs is 1. The number of hydrogen-bond acceptors (Lipinski definition) is 7. The molecule has 0 amide bonds. The first kappa shape index (κ1) is 29.4. The Labute approximate surface area is 231 Å². The highest BCUT2D eigenvalue weighted by Gasteiger charge is 2.32. The average molecular weight is 562 g/mol. The van der Waals surface area contributed by atoms with Crippen LogP contribution in [0.15, 0.2) is 53.8 Å². The molecule has 0 saturated heterocycles. The highest BCUT2D eigenvalue weighted by Crippen LogP contribution is 2.28. The molecule has 0 bridgehead atoms. The molecule has 1 atom stereocenters. The molecule has 1 aromatic carbocycles. The lowest BCUT2D eigenvalue weighted by molar-refractivity contribution is -0.193. The number of pyridine rings is 1. The molecule has 1 fully saturated rings. The second kappa shape index (κ2) is 13.6. The van der Waals surface area contributed by atoms with Gasteiger partial charge in [0.25, 0.3) is 0 Å². The van der Waals surface area contributed by atoms with E-state index in [4.69, 9.17) is 19.3 Å². The maximum Gasteiger partial charge on any atom is 0.411 e. The van der Waals surface area contributed by atoms with Crippen molar-refractivity contribution in [3.63, 3.8) is 0 Å². The van der Waals surface area contributed by atoms with Gasteiger partial charge in [0.05, 0.1) is 19.3 Å². The Morgan fingerprint density at radius 1 is 1.07 bits per heavy atom. The summed E-state index contributed by atoms with van der Waals surface area (Å²) in [5, 5.41) is 5.35. The van der Waals surface area contributed by atoms with Gasteiger partial charge in [-0.25, -0.2) is 9.78 Å². The van der Waals surface area contributed by atoms with Gasteiger partial charge in [0.1, 0.15) is 37.4 Å². The highest BCUT2D eigenvalue weighted by molar-refractivity contribution is 6.01. The molecule has 216 valence electrons. The number of aromatic nitrogens is 2. The summed E-state index contributed by atoms with van der Waals surface area (Å²) in [6, 6.07) is 12.8. The third-order valence-electron chi connectivity index (χ3n) is 6.91. The molecular formula is C29H34F3N3O5. The average Bonchev–Trinajstić information content (AvgIpc) is 3.36. The van der Waals surface area contributed by atoms with Crippen LogP contribution in [0.25, 0.3) is 11.0 Å². The largest absolute Gasteiger partial charge is 0.492 e. The van der Waals surface area contributed by atoms with Crippen LogP contribution in [-0.4, -0.2) is 60.9 Å². The van der Waals surface area contributed by atoms with E-state index in [1.165, 1.54) is 19.3 Å². The van der Waals surface area contributed by atoms with Gasteiger partial charge in [-0.05, 0) is 48.7 Å². The number of hydrogen-bond donors (Lipinski definition) is 0. The van der Waals surface area contributed by atoms with E-state index in [0.717, 1.165) is 42.4 Å². The monoisotopic (exact) mass is 561 g/mol. The summed E-state index contributed by atoms with van der Waals surface area (Å²) in [7, 11) is 2.67. The van der Waals surface area contributed by atoms with Crippen molar-refractivity contribution in [1.29, 1.82) is 0 Å².